The van der Waals surface area contributed by atoms with Crippen LogP contribution in [0, 0.1) is 0 Å². The first-order valence-corrected chi connectivity index (χ1v) is 11.2. The number of rotatable bonds is 5. The van der Waals surface area contributed by atoms with Crippen LogP contribution in [-0.2, 0) is 19.4 Å². The van der Waals surface area contributed by atoms with E-state index >= 15 is 0 Å². The van der Waals surface area contributed by atoms with Crippen LogP contribution in [0.5, 0.6) is 0 Å². The molecule has 1 saturated carbocycles. The van der Waals surface area contributed by atoms with E-state index in [1.54, 1.807) is 4.90 Å². The molecule has 148 valence electrons. The summed E-state index contributed by atoms with van der Waals surface area (Å²) in [6, 6.07) is 4.04. The highest BCUT2D eigenvalue weighted by molar-refractivity contribution is 7.91. The minimum Gasteiger partial charge on any atom is -0.452 e. The number of anilines is 1. The van der Waals surface area contributed by atoms with Gasteiger partial charge in [0.1, 0.15) is 0 Å². The third kappa shape index (κ3) is 4.73. The standard InChI is InChI=1S/C18H23ClN2O5S/c19-15-6-5-12(9-16(15)20)18(23)26-10-17(22)21(13-3-1-2-4-13)14-7-8-27(24,25)11-14/h5-6,9,13-14H,1-4,7-8,10-11,20H2/t14-/m0/s1. The first-order chi connectivity index (χ1) is 12.8. The predicted octanol–water partition coefficient (Wildman–Crippen LogP) is 2.04. The van der Waals surface area contributed by atoms with Crippen molar-refractivity contribution in [3.05, 3.63) is 28.8 Å². The Balaban J connectivity index is 1.67. The van der Waals surface area contributed by atoms with E-state index in [0.29, 0.717) is 11.4 Å². The number of esters is 1. The first-order valence-electron chi connectivity index (χ1n) is 9.00. The topological polar surface area (TPSA) is 107 Å². The van der Waals surface area contributed by atoms with Gasteiger partial charge in [0, 0.05) is 12.1 Å². The Labute approximate surface area is 163 Å². The monoisotopic (exact) mass is 414 g/mol. The molecule has 27 heavy (non-hydrogen) atoms. The molecule has 9 heteroatoms. The molecule has 1 heterocycles. The highest BCUT2D eigenvalue weighted by Gasteiger charge is 2.39. The van der Waals surface area contributed by atoms with Crippen molar-refractivity contribution in [2.45, 2.75) is 44.2 Å². The summed E-state index contributed by atoms with van der Waals surface area (Å²) in [6.07, 6.45) is 4.16. The number of sulfone groups is 1. The quantitative estimate of drug-likeness (QED) is 0.583. The fourth-order valence-corrected chi connectivity index (χ4v) is 5.67. The zero-order valence-corrected chi connectivity index (χ0v) is 16.5. The van der Waals surface area contributed by atoms with Gasteiger partial charge in [0.2, 0.25) is 0 Å². The van der Waals surface area contributed by atoms with Gasteiger partial charge in [0.15, 0.2) is 16.4 Å². The summed E-state index contributed by atoms with van der Waals surface area (Å²) < 4.78 is 28.9. The molecule has 0 radical (unpaired) electrons. The van der Waals surface area contributed by atoms with E-state index in [1.165, 1.54) is 18.2 Å². The van der Waals surface area contributed by atoms with E-state index in [1.807, 2.05) is 0 Å². The number of carbonyl (C=O) groups excluding carboxylic acids is 2. The summed E-state index contributed by atoms with van der Waals surface area (Å²) >= 11 is 5.84. The van der Waals surface area contributed by atoms with Crippen LogP contribution < -0.4 is 5.73 Å². The van der Waals surface area contributed by atoms with Gasteiger partial charge in [0.05, 0.1) is 27.8 Å². The van der Waals surface area contributed by atoms with Gasteiger partial charge in [-0.25, -0.2) is 13.2 Å². The third-order valence-electron chi connectivity index (χ3n) is 5.17. The zero-order valence-electron chi connectivity index (χ0n) is 14.9. The summed E-state index contributed by atoms with van der Waals surface area (Å²) in [4.78, 5) is 26.6. The van der Waals surface area contributed by atoms with E-state index in [-0.39, 0.29) is 40.7 Å². The van der Waals surface area contributed by atoms with Crippen molar-refractivity contribution in [1.82, 2.24) is 4.90 Å². The normalized spacial score (nSPS) is 21.9. The van der Waals surface area contributed by atoms with Crippen LogP contribution in [-0.4, -0.2) is 55.4 Å². The lowest BCUT2D eigenvalue weighted by Crippen LogP contribution is -2.48. The number of nitrogens with two attached hydrogens (primary N) is 1. The Hall–Kier alpha value is -1.80. The molecule has 0 spiro atoms. The maximum absolute atomic E-state index is 12.8. The van der Waals surface area contributed by atoms with Gasteiger partial charge < -0.3 is 15.4 Å². The van der Waals surface area contributed by atoms with Crippen molar-refractivity contribution in [2.24, 2.45) is 0 Å². The zero-order chi connectivity index (χ0) is 19.6. The summed E-state index contributed by atoms with van der Waals surface area (Å²) in [6.45, 7) is -0.422. The van der Waals surface area contributed by atoms with E-state index in [9.17, 15) is 18.0 Å². The molecule has 1 aliphatic carbocycles. The average Bonchev–Trinajstić information content (AvgIpc) is 3.25. The fraction of sp³-hybridized carbons (Fsp3) is 0.556. The van der Waals surface area contributed by atoms with Crippen molar-refractivity contribution >= 4 is 39.0 Å². The van der Waals surface area contributed by atoms with Crippen molar-refractivity contribution in [3.63, 3.8) is 0 Å². The minimum atomic E-state index is -3.11. The number of ether oxygens (including phenoxy) is 1. The summed E-state index contributed by atoms with van der Waals surface area (Å²) in [5.41, 5.74) is 6.14. The maximum Gasteiger partial charge on any atom is 0.338 e. The third-order valence-corrected chi connectivity index (χ3v) is 7.26. The van der Waals surface area contributed by atoms with Crippen molar-refractivity contribution in [2.75, 3.05) is 23.8 Å². The van der Waals surface area contributed by atoms with Gasteiger partial charge in [-0.15, -0.1) is 0 Å². The van der Waals surface area contributed by atoms with Crippen molar-refractivity contribution in [1.29, 1.82) is 0 Å². The molecule has 2 N–H and O–H groups in total. The largest absolute Gasteiger partial charge is 0.452 e. The van der Waals surface area contributed by atoms with Crippen molar-refractivity contribution in [3.8, 4) is 0 Å². The Morgan fingerprint density at radius 2 is 1.89 bits per heavy atom. The molecule has 0 bridgehead atoms. The van der Waals surface area contributed by atoms with Crippen LogP contribution in [0.25, 0.3) is 0 Å². The molecule has 1 atom stereocenters. The molecule has 0 aromatic heterocycles. The lowest BCUT2D eigenvalue weighted by molar-refractivity contribution is -0.139. The van der Waals surface area contributed by atoms with Crippen LogP contribution >= 0.6 is 11.6 Å². The molecule has 1 amide bonds. The molecule has 2 fully saturated rings. The number of benzene rings is 1. The lowest BCUT2D eigenvalue weighted by Gasteiger charge is -2.33. The molecule has 0 unspecified atom stereocenters. The smallest absolute Gasteiger partial charge is 0.338 e. The second-order valence-electron chi connectivity index (χ2n) is 7.11. The van der Waals surface area contributed by atoms with Gasteiger partial charge in [-0.1, -0.05) is 24.4 Å². The molecule has 1 saturated heterocycles. The van der Waals surface area contributed by atoms with Gasteiger partial charge in [-0.2, -0.15) is 0 Å². The highest BCUT2D eigenvalue weighted by Crippen LogP contribution is 2.29. The van der Waals surface area contributed by atoms with Gasteiger partial charge in [-0.3, -0.25) is 4.79 Å². The second-order valence-corrected chi connectivity index (χ2v) is 9.74. The van der Waals surface area contributed by atoms with Crippen LogP contribution in [0.4, 0.5) is 5.69 Å². The molecule has 1 aromatic rings. The Kier molecular flexibility index (Phi) is 5.95. The maximum atomic E-state index is 12.8. The lowest BCUT2D eigenvalue weighted by atomic mass is 10.1. The average molecular weight is 415 g/mol. The number of halogens is 1. The number of hydrogen-bond acceptors (Lipinski definition) is 6. The Morgan fingerprint density at radius 3 is 2.48 bits per heavy atom. The summed E-state index contributed by atoms with van der Waals surface area (Å²) in [7, 11) is -3.11. The number of nitrogen functional groups attached to an aromatic ring is 1. The molecule has 1 aliphatic heterocycles. The Bertz CT molecular complexity index is 836. The van der Waals surface area contributed by atoms with Crippen LogP contribution in [0.2, 0.25) is 5.02 Å². The summed E-state index contributed by atoms with van der Waals surface area (Å²) in [5.74, 6) is -0.939. The molecule has 7 nitrogen and oxygen atoms in total. The van der Waals surface area contributed by atoms with E-state index in [0.717, 1.165) is 25.7 Å². The SMILES string of the molecule is Nc1cc(C(=O)OCC(=O)N(C2CCCC2)[C@H]2CCS(=O)(=O)C2)ccc1Cl. The van der Waals surface area contributed by atoms with E-state index in [4.69, 9.17) is 22.1 Å². The highest BCUT2D eigenvalue weighted by atomic mass is 35.5. The van der Waals surface area contributed by atoms with Crippen molar-refractivity contribution < 1.29 is 22.7 Å². The summed E-state index contributed by atoms with van der Waals surface area (Å²) in [5, 5.41) is 0.331. The van der Waals surface area contributed by atoms with Crippen LogP contribution in [0.3, 0.4) is 0 Å². The molecular weight excluding hydrogens is 392 g/mol. The molecule has 1 aromatic carbocycles. The fourth-order valence-electron chi connectivity index (χ4n) is 3.84. The van der Waals surface area contributed by atoms with Gasteiger partial charge in [-0.05, 0) is 37.5 Å². The minimum absolute atomic E-state index is 0.0145. The molecule has 3 rings (SSSR count). The molecule has 2 aliphatic rings. The van der Waals surface area contributed by atoms with E-state index in [2.05, 4.69) is 0 Å². The number of hydrogen-bond donors (Lipinski definition) is 1. The number of amides is 1. The number of carbonyl (C=O) groups is 2. The Morgan fingerprint density at radius 1 is 1.19 bits per heavy atom. The second kappa shape index (κ2) is 8.06. The van der Waals surface area contributed by atoms with Crippen LogP contribution in [0.1, 0.15) is 42.5 Å². The van der Waals surface area contributed by atoms with Crippen LogP contribution in [0.15, 0.2) is 18.2 Å². The first kappa shape index (κ1) is 19.9. The van der Waals surface area contributed by atoms with Gasteiger partial charge >= 0.3 is 5.97 Å². The van der Waals surface area contributed by atoms with Gasteiger partial charge in [0.25, 0.3) is 5.91 Å². The van der Waals surface area contributed by atoms with E-state index < -0.39 is 22.4 Å². The molecular formula is C18H23ClN2O5S. The predicted molar refractivity (Wildman–Crippen MR) is 102 cm³/mol. The number of nitrogens with zero attached hydrogens (tertiary/aromatic N) is 1.